The van der Waals surface area contributed by atoms with Crippen molar-refractivity contribution in [3.05, 3.63) is 0 Å². The van der Waals surface area contributed by atoms with Gasteiger partial charge in [0.1, 0.15) is 0 Å². The normalized spacial score (nSPS) is 15.3. The summed E-state index contributed by atoms with van der Waals surface area (Å²) in [6.45, 7) is 7.85. The minimum Gasteiger partial charge on any atom is -0.377 e. The average molecular weight is 188 g/mol. The second-order valence-corrected chi connectivity index (χ2v) is 3.23. The highest BCUT2D eigenvalue weighted by atomic mass is 16.5. The van der Waals surface area contributed by atoms with E-state index in [0.717, 1.165) is 6.54 Å². The van der Waals surface area contributed by atoms with Gasteiger partial charge in [0, 0.05) is 25.6 Å². The van der Waals surface area contributed by atoms with Crippen LogP contribution in [0.4, 0.5) is 0 Å². The number of amides is 1. The Morgan fingerprint density at radius 1 is 1.46 bits per heavy atom. The SMILES string of the molecule is CCOC(C)CNCC(C)C(N)=O. The molecule has 0 rings (SSSR count). The predicted molar refractivity (Wildman–Crippen MR) is 52.3 cm³/mol. The van der Waals surface area contributed by atoms with E-state index in [-0.39, 0.29) is 17.9 Å². The van der Waals surface area contributed by atoms with Gasteiger partial charge in [-0.1, -0.05) is 6.92 Å². The zero-order chi connectivity index (χ0) is 10.3. The first kappa shape index (κ1) is 12.4. The third-order valence-electron chi connectivity index (χ3n) is 1.82. The molecule has 0 aromatic heterocycles. The summed E-state index contributed by atoms with van der Waals surface area (Å²) in [5, 5.41) is 3.13. The van der Waals surface area contributed by atoms with Crippen LogP contribution in [0.3, 0.4) is 0 Å². The van der Waals surface area contributed by atoms with Crippen LogP contribution in [-0.4, -0.2) is 31.7 Å². The quantitative estimate of drug-likeness (QED) is 0.596. The van der Waals surface area contributed by atoms with Crippen LogP contribution in [0.2, 0.25) is 0 Å². The van der Waals surface area contributed by atoms with Gasteiger partial charge in [-0.25, -0.2) is 0 Å². The van der Waals surface area contributed by atoms with Crippen LogP contribution in [0.25, 0.3) is 0 Å². The summed E-state index contributed by atoms with van der Waals surface area (Å²) in [7, 11) is 0. The molecule has 0 fully saturated rings. The molecule has 4 nitrogen and oxygen atoms in total. The highest BCUT2D eigenvalue weighted by Gasteiger charge is 2.08. The Kier molecular flexibility index (Phi) is 6.54. The number of carbonyl (C=O) groups excluding carboxylic acids is 1. The van der Waals surface area contributed by atoms with Crippen molar-refractivity contribution in [2.45, 2.75) is 26.9 Å². The maximum absolute atomic E-state index is 10.7. The van der Waals surface area contributed by atoms with Crippen LogP contribution in [0.5, 0.6) is 0 Å². The zero-order valence-electron chi connectivity index (χ0n) is 8.67. The lowest BCUT2D eigenvalue weighted by molar-refractivity contribution is -0.121. The molecule has 0 saturated carbocycles. The Bertz CT molecular complexity index is 151. The van der Waals surface area contributed by atoms with E-state index >= 15 is 0 Å². The second-order valence-electron chi connectivity index (χ2n) is 3.23. The van der Waals surface area contributed by atoms with Gasteiger partial charge in [0.15, 0.2) is 0 Å². The van der Waals surface area contributed by atoms with Crippen molar-refractivity contribution in [2.24, 2.45) is 11.7 Å². The molecule has 2 unspecified atom stereocenters. The number of carbonyl (C=O) groups is 1. The molecule has 3 N–H and O–H groups in total. The minimum absolute atomic E-state index is 0.117. The standard InChI is InChI=1S/C9H20N2O2/c1-4-13-8(3)6-11-5-7(2)9(10)12/h7-8,11H,4-6H2,1-3H3,(H2,10,12). The van der Waals surface area contributed by atoms with Gasteiger partial charge in [0.2, 0.25) is 5.91 Å². The molecule has 0 aromatic carbocycles. The molecular formula is C9H20N2O2. The summed E-state index contributed by atoms with van der Waals surface area (Å²) in [5.74, 6) is -0.384. The van der Waals surface area contributed by atoms with Gasteiger partial charge >= 0.3 is 0 Å². The van der Waals surface area contributed by atoms with Gasteiger partial charge in [-0.2, -0.15) is 0 Å². The molecule has 0 heterocycles. The van der Waals surface area contributed by atoms with Gasteiger partial charge in [-0.3, -0.25) is 4.79 Å². The van der Waals surface area contributed by atoms with Crippen LogP contribution < -0.4 is 11.1 Å². The fourth-order valence-electron chi connectivity index (χ4n) is 0.947. The van der Waals surface area contributed by atoms with E-state index in [1.54, 1.807) is 6.92 Å². The summed E-state index contributed by atoms with van der Waals surface area (Å²) >= 11 is 0. The van der Waals surface area contributed by atoms with Gasteiger partial charge in [0.05, 0.1) is 6.10 Å². The Morgan fingerprint density at radius 3 is 2.54 bits per heavy atom. The lowest BCUT2D eigenvalue weighted by Gasteiger charge is -2.14. The summed E-state index contributed by atoms with van der Waals surface area (Å²) in [6.07, 6.45) is 0.185. The summed E-state index contributed by atoms with van der Waals surface area (Å²) < 4.78 is 5.31. The second kappa shape index (κ2) is 6.86. The van der Waals surface area contributed by atoms with Crippen LogP contribution in [-0.2, 0) is 9.53 Å². The fourth-order valence-corrected chi connectivity index (χ4v) is 0.947. The van der Waals surface area contributed by atoms with Crippen molar-refractivity contribution < 1.29 is 9.53 Å². The predicted octanol–water partition coefficient (Wildman–Crippen LogP) is 0.122. The molecule has 78 valence electrons. The number of primary amides is 1. The van der Waals surface area contributed by atoms with E-state index in [1.807, 2.05) is 13.8 Å². The third kappa shape index (κ3) is 6.54. The summed E-state index contributed by atoms with van der Waals surface area (Å²) in [6, 6.07) is 0. The van der Waals surface area contributed by atoms with Crippen molar-refractivity contribution in [1.29, 1.82) is 0 Å². The highest BCUT2D eigenvalue weighted by Crippen LogP contribution is 1.91. The van der Waals surface area contributed by atoms with Crippen LogP contribution in [0.1, 0.15) is 20.8 Å². The van der Waals surface area contributed by atoms with Gasteiger partial charge < -0.3 is 15.8 Å². The molecule has 0 spiro atoms. The molecule has 0 aliphatic heterocycles. The van der Waals surface area contributed by atoms with Crippen molar-refractivity contribution in [2.75, 3.05) is 19.7 Å². The maximum atomic E-state index is 10.7. The molecule has 0 saturated heterocycles. The first-order valence-electron chi connectivity index (χ1n) is 4.69. The smallest absolute Gasteiger partial charge is 0.221 e. The lowest BCUT2D eigenvalue weighted by atomic mass is 10.2. The number of rotatable bonds is 7. The van der Waals surface area contributed by atoms with Gasteiger partial charge in [-0.05, 0) is 13.8 Å². The van der Waals surface area contributed by atoms with Gasteiger partial charge in [0.25, 0.3) is 0 Å². The molecule has 0 aromatic rings. The Morgan fingerprint density at radius 2 is 2.08 bits per heavy atom. The monoisotopic (exact) mass is 188 g/mol. The molecular weight excluding hydrogens is 168 g/mol. The zero-order valence-corrected chi connectivity index (χ0v) is 8.67. The lowest BCUT2D eigenvalue weighted by Crippen LogP contribution is -2.35. The van der Waals surface area contributed by atoms with Crippen molar-refractivity contribution in [3.63, 3.8) is 0 Å². The van der Waals surface area contributed by atoms with E-state index in [1.165, 1.54) is 0 Å². The van der Waals surface area contributed by atoms with Crippen molar-refractivity contribution >= 4 is 5.91 Å². The van der Waals surface area contributed by atoms with E-state index in [4.69, 9.17) is 10.5 Å². The van der Waals surface area contributed by atoms with E-state index in [2.05, 4.69) is 5.32 Å². The molecule has 1 amide bonds. The van der Waals surface area contributed by atoms with E-state index in [0.29, 0.717) is 13.2 Å². The van der Waals surface area contributed by atoms with Gasteiger partial charge in [-0.15, -0.1) is 0 Å². The largest absolute Gasteiger partial charge is 0.377 e. The first-order valence-corrected chi connectivity index (χ1v) is 4.69. The molecule has 2 atom stereocenters. The average Bonchev–Trinajstić information content (AvgIpc) is 2.04. The number of hydrogen-bond acceptors (Lipinski definition) is 3. The Balaban J connectivity index is 3.39. The van der Waals surface area contributed by atoms with Crippen LogP contribution >= 0.6 is 0 Å². The number of hydrogen-bond donors (Lipinski definition) is 2. The molecule has 13 heavy (non-hydrogen) atoms. The van der Waals surface area contributed by atoms with Crippen LogP contribution in [0, 0.1) is 5.92 Å². The molecule has 0 aliphatic carbocycles. The topological polar surface area (TPSA) is 64.3 Å². The number of nitrogens with one attached hydrogen (secondary N) is 1. The van der Waals surface area contributed by atoms with Crippen molar-refractivity contribution in [3.8, 4) is 0 Å². The minimum atomic E-state index is -0.267. The molecule has 0 bridgehead atoms. The molecule has 0 radical (unpaired) electrons. The van der Waals surface area contributed by atoms with Crippen LogP contribution in [0.15, 0.2) is 0 Å². The Hall–Kier alpha value is -0.610. The van der Waals surface area contributed by atoms with Crippen molar-refractivity contribution in [1.82, 2.24) is 5.32 Å². The first-order chi connectivity index (χ1) is 6.07. The number of ether oxygens (including phenoxy) is 1. The summed E-state index contributed by atoms with van der Waals surface area (Å²) in [4.78, 5) is 10.7. The summed E-state index contributed by atoms with van der Waals surface area (Å²) in [5.41, 5.74) is 5.10. The van der Waals surface area contributed by atoms with E-state index in [9.17, 15) is 4.79 Å². The Labute approximate surface area is 79.8 Å². The fraction of sp³-hybridized carbons (Fsp3) is 0.889. The molecule has 4 heteroatoms. The van der Waals surface area contributed by atoms with E-state index < -0.39 is 0 Å². The molecule has 0 aliphatic rings. The maximum Gasteiger partial charge on any atom is 0.221 e. The highest BCUT2D eigenvalue weighted by molar-refractivity contribution is 5.76. The third-order valence-corrected chi connectivity index (χ3v) is 1.82. The number of nitrogens with two attached hydrogens (primary N) is 1.